The molecule has 2 heterocycles. The van der Waals surface area contributed by atoms with Crippen LogP contribution in [0.4, 0.5) is 4.39 Å². The molecule has 0 amide bonds. The Balaban J connectivity index is 1.80. The van der Waals surface area contributed by atoms with Gasteiger partial charge in [0.05, 0.1) is 0 Å². The maximum atomic E-state index is 13.1. The van der Waals surface area contributed by atoms with Crippen molar-refractivity contribution in [2.24, 2.45) is 0 Å². The molecule has 0 aliphatic heterocycles. The van der Waals surface area contributed by atoms with Gasteiger partial charge in [0.1, 0.15) is 0 Å². The first-order chi connectivity index (χ1) is 10.8. The van der Waals surface area contributed by atoms with Crippen LogP contribution in [-0.4, -0.2) is 19.5 Å². The van der Waals surface area contributed by atoms with Crippen LogP contribution in [-0.2, 0) is 0 Å². The Morgan fingerprint density at radius 3 is 2.36 bits per heavy atom. The van der Waals surface area contributed by atoms with Crippen molar-refractivity contribution in [1.29, 1.82) is 0 Å². The molecule has 1 nitrogen and oxygen atoms in total. The van der Waals surface area contributed by atoms with Crippen LogP contribution in [0, 0.1) is 5.82 Å². The van der Waals surface area contributed by atoms with Gasteiger partial charge < -0.3 is 0 Å². The van der Waals surface area contributed by atoms with Crippen molar-refractivity contribution in [2.75, 3.05) is 0 Å². The van der Waals surface area contributed by atoms with Crippen LogP contribution in [0.1, 0.15) is 0 Å². The zero-order chi connectivity index (χ0) is 14.9. The molecule has 0 atom stereocenters. The van der Waals surface area contributed by atoms with Crippen LogP contribution in [0.3, 0.4) is 0 Å². The molecule has 4 rings (SSSR count). The van der Waals surface area contributed by atoms with Gasteiger partial charge in [0.2, 0.25) is 0 Å². The maximum absolute atomic E-state index is 13.1. The Bertz CT molecular complexity index is 927. The van der Waals surface area contributed by atoms with E-state index < -0.39 is 0 Å². The van der Waals surface area contributed by atoms with Gasteiger partial charge in [-0.1, -0.05) is 0 Å². The van der Waals surface area contributed by atoms with Crippen molar-refractivity contribution in [3.63, 3.8) is 0 Å². The third-order valence-corrected chi connectivity index (χ3v) is 5.98. The topological polar surface area (TPSA) is 12.9 Å². The molecule has 3 heteroatoms. The second-order valence-electron chi connectivity index (χ2n) is 5.09. The van der Waals surface area contributed by atoms with Crippen LogP contribution in [0.15, 0.2) is 72.9 Å². The molecule has 106 valence electrons. The van der Waals surface area contributed by atoms with Gasteiger partial charge in [-0.05, 0) is 0 Å². The first-order valence-corrected chi connectivity index (χ1v) is 8.72. The fourth-order valence-electron chi connectivity index (χ4n) is 2.47. The monoisotopic (exact) mass is 353 g/mol. The summed E-state index contributed by atoms with van der Waals surface area (Å²) in [4.78, 5) is 4.59. The number of pyridine rings is 1. The van der Waals surface area contributed by atoms with Gasteiger partial charge >= 0.3 is 134 Å². The predicted octanol–water partition coefficient (Wildman–Crippen LogP) is 4.76. The Hall–Kier alpha value is -2.22. The molecule has 0 saturated heterocycles. The second-order valence-corrected chi connectivity index (χ2v) is 7.36. The van der Waals surface area contributed by atoms with E-state index in [2.05, 4.69) is 29.2 Å². The summed E-state index contributed by atoms with van der Waals surface area (Å²) in [5, 5.41) is 1.23. The number of nitrogens with zero attached hydrogens (tertiary/aromatic N) is 1. The van der Waals surface area contributed by atoms with E-state index in [1.54, 1.807) is 0 Å². The Kier molecular flexibility index (Phi) is 3.38. The van der Waals surface area contributed by atoms with E-state index >= 15 is 0 Å². The average Bonchev–Trinajstić information content (AvgIpc) is 2.99. The number of hydrogen-bond acceptors (Lipinski definition) is 1. The number of fused-ring (bicyclic) bond motifs is 1. The molecular formula is C19H12FNSe. The van der Waals surface area contributed by atoms with E-state index in [9.17, 15) is 4.39 Å². The zero-order valence-electron chi connectivity index (χ0n) is 11.7. The van der Waals surface area contributed by atoms with Crippen molar-refractivity contribution in [1.82, 2.24) is 4.98 Å². The third kappa shape index (κ3) is 2.50. The van der Waals surface area contributed by atoms with Crippen molar-refractivity contribution >= 4 is 24.1 Å². The van der Waals surface area contributed by atoms with Crippen LogP contribution in [0.5, 0.6) is 0 Å². The molecule has 0 unspecified atom stereocenters. The van der Waals surface area contributed by atoms with Crippen molar-refractivity contribution in [3.8, 4) is 21.3 Å². The van der Waals surface area contributed by atoms with Crippen molar-refractivity contribution in [3.05, 3.63) is 78.7 Å². The molecule has 2 aromatic carbocycles. The summed E-state index contributed by atoms with van der Waals surface area (Å²) in [5.41, 5.74) is 3.21. The summed E-state index contributed by atoms with van der Waals surface area (Å²) in [6.07, 6.45) is 1.98. The van der Waals surface area contributed by atoms with Crippen molar-refractivity contribution in [2.45, 2.75) is 0 Å². The molecule has 0 radical (unpaired) electrons. The van der Waals surface area contributed by atoms with Gasteiger partial charge in [-0.25, -0.2) is 0 Å². The first-order valence-electron chi connectivity index (χ1n) is 7.00. The van der Waals surface area contributed by atoms with E-state index in [-0.39, 0.29) is 20.3 Å². The van der Waals surface area contributed by atoms with Crippen LogP contribution < -0.4 is 0 Å². The zero-order valence-corrected chi connectivity index (χ0v) is 13.4. The molecule has 0 N–H and O–H groups in total. The van der Waals surface area contributed by atoms with Gasteiger partial charge in [-0.2, -0.15) is 0 Å². The summed E-state index contributed by atoms with van der Waals surface area (Å²) in [7, 11) is 0. The molecule has 2 aromatic heterocycles. The second kappa shape index (κ2) is 5.52. The van der Waals surface area contributed by atoms with Gasteiger partial charge in [0.15, 0.2) is 0 Å². The summed E-state index contributed by atoms with van der Waals surface area (Å²) in [5.74, 6) is -0.194. The molecule has 0 bridgehead atoms. The Morgan fingerprint density at radius 1 is 0.818 bits per heavy atom. The van der Waals surface area contributed by atoms with E-state index in [4.69, 9.17) is 0 Å². The third-order valence-electron chi connectivity index (χ3n) is 3.60. The van der Waals surface area contributed by atoms with E-state index in [1.807, 2.05) is 36.5 Å². The number of rotatable bonds is 2. The molecule has 22 heavy (non-hydrogen) atoms. The number of aromatic nitrogens is 1. The van der Waals surface area contributed by atoms with Gasteiger partial charge in [-0.15, -0.1) is 0 Å². The molecular weight excluding hydrogens is 340 g/mol. The molecule has 0 spiro atoms. The summed E-state index contributed by atoms with van der Waals surface area (Å²) in [6, 6.07) is 21.3. The molecule has 0 aliphatic rings. The fourth-order valence-corrected chi connectivity index (χ4v) is 4.60. The average molecular weight is 352 g/mol. The van der Waals surface area contributed by atoms with Crippen LogP contribution in [0.25, 0.3) is 30.9 Å². The number of halogens is 1. The summed E-state index contributed by atoms with van der Waals surface area (Å²) >= 11 is 0.232. The Labute approximate surface area is 133 Å². The Morgan fingerprint density at radius 2 is 1.59 bits per heavy atom. The first kappa shape index (κ1) is 13.4. The number of hydrogen-bond donors (Lipinski definition) is 0. The van der Waals surface area contributed by atoms with Gasteiger partial charge in [0, 0.05) is 0 Å². The molecule has 4 aromatic rings. The van der Waals surface area contributed by atoms with E-state index in [0.29, 0.717) is 0 Å². The minimum atomic E-state index is -0.194. The van der Waals surface area contributed by atoms with E-state index in [1.165, 1.54) is 26.2 Å². The van der Waals surface area contributed by atoms with Crippen LogP contribution >= 0.6 is 0 Å². The molecule has 0 fully saturated rings. The molecule has 0 saturated carbocycles. The normalized spacial score (nSPS) is 11.0. The molecule has 0 aliphatic carbocycles. The minimum absolute atomic E-state index is 0.194. The number of benzene rings is 2. The van der Waals surface area contributed by atoms with Gasteiger partial charge in [0.25, 0.3) is 0 Å². The fraction of sp³-hybridized carbons (Fsp3) is 0. The summed E-state index contributed by atoms with van der Waals surface area (Å²) < 4.78 is 15.6. The predicted molar refractivity (Wildman–Crippen MR) is 89.5 cm³/mol. The van der Waals surface area contributed by atoms with Crippen LogP contribution in [0.2, 0.25) is 0 Å². The van der Waals surface area contributed by atoms with Crippen molar-refractivity contribution < 1.29 is 4.39 Å². The summed E-state index contributed by atoms with van der Waals surface area (Å²) in [6.45, 7) is 0. The standard InChI is InChI=1S/C19H12FNSe/c20-16-8-6-14(7-9-16)18-11-15-10-17(21-12-19(15)22-18)13-4-2-1-3-5-13/h1-12H. The SMILES string of the molecule is Fc1ccc(-c2cc3cc(-c4ccccc4)ncc3[se]2)cc1. The quantitative estimate of drug-likeness (QED) is 0.474. The van der Waals surface area contributed by atoms with E-state index in [0.717, 1.165) is 16.8 Å². The van der Waals surface area contributed by atoms with Gasteiger partial charge in [-0.3, -0.25) is 0 Å².